The number of nitrogens with zero attached hydrogens (tertiary/aromatic N) is 2. The fourth-order valence-corrected chi connectivity index (χ4v) is 3.98. The molecule has 2 heterocycles. The normalized spacial score (nSPS) is 13.0. The van der Waals surface area contributed by atoms with Crippen molar-refractivity contribution in [3.05, 3.63) is 74.7 Å². The first-order valence-corrected chi connectivity index (χ1v) is 10.1. The summed E-state index contributed by atoms with van der Waals surface area (Å²) in [7, 11) is 0. The second kappa shape index (κ2) is 7.94. The second-order valence-electron chi connectivity index (χ2n) is 6.18. The van der Waals surface area contributed by atoms with Gasteiger partial charge in [0.2, 0.25) is 0 Å². The fraction of sp³-hybridized carbons (Fsp3) is 0.100. The average molecular weight is 447 g/mol. The summed E-state index contributed by atoms with van der Waals surface area (Å²) in [6, 6.07) is 12.3. The average Bonchev–Trinajstić information content (AvgIpc) is 3.28. The lowest BCUT2D eigenvalue weighted by molar-refractivity contribution is -0.145. The van der Waals surface area contributed by atoms with Gasteiger partial charge < -0.3 is 4.74 Å². The summed E-state index contributed by atoms with van der Waals surface area (Å²) < 4.78 is 5.19. The van der Waals surface area contributed by atoms with Gasteiger partial charge in [0.1, 0.15) is 18.2 Å². The molecular formula is C20H12Cl2N2O4S. The number of hydrogen-bond acceptors (Lipinski definition) is 6. The lowest BCUT2D eigenvalue weighted by Crippen LogP contribution is -2.35. The molecule has 0 bridgehead atoms. The Bertz CT molecular complexity index is 1090. The molecule has 2 amide bonds. The Hall–Kier alpha value is -2.74. The first-order valence-electron chi connectivity index (χ1n) is 8.44. The third kappa shape index (κ3) is 3.89. The summed E-state index contributed by atoms with van der Waals surface area (Å²) in [6.45, 7) is -0.555. The summed E-state index contributed by atoms with van der Waals surface area (Å²) >= 11 is 13.3. The predicted octanol–water partition coefficient (Wildman–Crippen LogP) is 4.46. The van der Waals surface area contributed by atoms with Crippen molar-refractivity contribution in [3.8, 4) is 10.6 Å². The summed E-state index contributed by atoms with van der Waals surface area (Å²) in [5.41, 5.74) is 1.79. The Balaban J connectivity index is 1.39. The number of amides is 2. The van der Waals surface area contributed by atoms with Crippen LogP contribution in [0.5, 0.6) is 0 Å². The van der Waals surface area contributed by atoms with Crippen LogP contribution in [-0.4, -0.2) is 34.2 Å². The van der Waals surface area contributed by atoms with Crippen LogP contribution in [0.2, 0.25) is 10.0 Å². The highest BCUT2D eigenvalue weighted by Gasteiger charge is 2.37. The molecule has 29 heavy (non-hydrogen) atoms. The smallest absolute Gasteiger partial charge is 0.326 e. The number of benzene rings is 2. The minimum absolute atomic E-state index is 0.0526. The molecule has 4 rings (SSSR count). The number of imide groups is 1. The number of carbonyl (C=O) groups excluding carboxylic acids is 3. The molecule has 0 radical (unpaired) electrons. The second-order valence-corrected chi connectivity index (χ2v) is 7.85. The fourth-order valence-electron chi connectivity index (χ4n) is 2.84. The number of fused-ring (bicyclic) bond motifs is 1. The minimum atomic E-state index is -0.717. The molecule has 0 fully saturated rings. The van der Waals surface area contributed by atoms with E-state index in [-0.39, 0.29) is 27.8 Å². The van der Waals surface area contributed by atoms with E-state index >= 15 is 0 Å². The van der Waals surface area contributed by atoms with Gasteiger partial charge in [-0.1, -0.05) is 53.5 Å². The highest BCUT2D eigenvalue weighted by Crippen LogP contribution is 2.31. The first-order chi connectivity index (χ1) is 13.9. The number of rotatable bonds is 5. The van der Waals surface area contributed by atoms with Crippen LogP contribution in [0.3, 0.4) is 0 Å². The molecule has 0 saturated carbocycles. The van der Waals surface area contributed by atoms with Crippen LogP contribution < -0.4 is 0 Å². The Kier molecular flexibility index (Phi) is 5.36. The van der Waals surface area contributed by atoms with E-state index in [0.717, 1.165) is 15.5 Å². The highest BCUT2D eigenvalue weighted by atomic mass is 35.5. The van der Waals surface area contributed by atoms with Crippen molar-refractivity contribution in [2.75, 3.05) is 6.54 Å². The van der Waals surface area contributed by atoms with E-state index in [1.54, 1.807) is 5.38 Å². The maximum atomic E-state index is 12.4. The van der Waals surface area contributed by atoms with Gasteiger partial charge in [0.25, 0.3) is 11.8 Å². The number of halogens is 2. The molecule has 0 atom stereocenters. The zero-order valence-corrected chi connectivity index (χ0v) is 17.1. The molecule has 1 aromatic heterocycles. The lowest BCUT2D eigenvalue weighted by atomic mass is 10.1. The molecule has 2 aromatic carbocycles. The number of ether oxygens (including phenoxy) is 1. The summed E-state index contributed by atoms with van der Waals surface area (Å²) in [5.74, 6) is -1.94. The summed E-state index contributed by atoms with van der Waals surface area (Å²) in [5, 5.41) is 2.93. The van der Waals surface area contributed by atoms with E-state index in [1.165, 1.54) is 23.5 Å². The Labute approximate surface area is 179 Å². The number of hydrogen-bond donors (Lipinski definition) is 0. The third-order valence-electron chi connectivity index (χ3n) is 4.25. The Morgan fingerprint density at radius 3 is 2.28 bits per heavy atom. The van der Waals surface area contributed by atoms with Crippen molar-refractivity contribution in [2.24, 2.45) is 0 Å². The molecule has 146 valence electrons. The van der Waals surface area contributed by atoms with Crippen LogP contribution in [0.15, 0.2) is 47.8 Å². The maximum absolute atomic E-state index is 12.4. The van der Waals surface area contributed by atoms with Gasteiger partial charge in [-0.3, -0.25) is 19.3 Å². The molecule has 0 saturated heterocycles. The van der Waals surface area contributed by atoms with E-state index in [1.807, 2.05) is 30.3 Å². The van der Waals surface area contributed by atoms with Gasteiger partial charge in [-0.2, -0.15) is 0 Å². The Morgan fingerprint density at radius 1 is 1.03 bits per heavy atom. The van der Waals surface area contributed by atoms with Crippen LogP contribution in [0.1, 0.15) is 26.4 Å². The number of esters is 1. The maximum Gasteiger partial charge on any atom is 0.326 e. The zero-order valence-electron chi connectivity index (χ0n) is 14.7. The first kappa shape index (κ1) is 19.6. The number of carbonyl (C=O) groups is 3. The third-order valence-corrected chi connectivity index (χ3v) is 5.91. The predicted molar refractivity (Wildman–Crippen MR) is 109 cm³/mol. The topological polar surface area (TPSA) is 76.6 Å². The quantitative estimate of drug-likeness (QED) is 0.427. The van der Waals surface area contributed by atoms with Crippen molar-refractivity contribution >= 4 is 52.3 Å². The van der Waals surface area contributed by atoms with Crippen LogP contribution in [0.4, 0.5) is 0 Å². The number of aromatic nitrogens is 1. The minimum Gasteiger partial charge on any atom is -0.458 e. The van der Waals surface area contributed by atoms with Crippen LogP contribution in [0, 0.1) is 0 Å². The van der Waals surface area contributed by atoms with Gasteiger partial charge in [0.15, 0.2) is 0 Å². The number of thiazole rings is 1. The van der Waals surface area contributed by atoms with Gasteiger partial charge >= 0.3 is 5.97 Å². The van der Waals surface area contributed by atoms with E-state index in [4.69, 9.17) is 27.9 Å². The van der Waals surface area contributed by atoms with E-state index in [2.05, 4.69) is 4.98 Å². The largest absolute Gasteiger partial charge is 0.458 e. The van der Waals surface area contributed by atoms with Gasteiger partial charge in [-0.25, -0.2) is 4.98 Å². The molecule has 6 nitrogen and oxygen atoms in total. The molecule has 0 N–H and O–H groups in total. The van der Waals surface area contributed by atoms with E-state index < -0.39 is 24.3 Å². The zero-order chi connectivity index (χ0) is 20.5. The molecule has 1 aliphatic rings. The van der Waals surface area contributed by atoms with Crippen LogP contribution in [-0.2, 0) is 16.1 Å². The molecule has 9 heteroatoms. The molecule has 1 aliphatic heterocycles. The SMILES string of the molecule is O=C(CN1C(=O)c2cc(Cl)c(Cl)cc2C1=O)OCc1csc(-c2ccccc2)n1. The van der Waals surface area contributed by atoms with Crippen molar-refractivity contribution in [1.29, 1.82) is 0 Å². The molecule has 3 aromatic rings. The van der Waals surface area contributed by atoms with Crippen molar-refractivity contribution in [3.63, 3.8) is 0 Å². The van der Waals surface area contributed by atoms with E-state index in [0.29, 0.717) is 5.69 Å². The standard InChI is InChI=1S/C20H12Cl2N2O4S/c21-15-6-13-14(7-16(15)22)20(27)24(19(13)26)8-17(25)28-9-12-10-29-18(23-12)11-4-2-1-3-5-11/h1-7,10H,8-9H2. The highest BCUT2D eigenvalue weighted by molar-refractivity contribution is 7.13. The van der Waals surface area contributed by atoms with Gasteiger partial charge in [0.05, 0.1) is 26.9 Å². The van der Waals surface area contributed by atoms with Gasteiger partial charge in [-0.15, -0.1) is 11.3 Å². The Morgan fingerprint density at radius 2 is 1.66 bits per heavy atom. The van der Waals surface area contributed by atoms with Crippen molar-refractivity contribution in [1.82, 2.24) is 9.88 Å². The van der Waals surface area contributed by atoms with E-state index in [9.17, 15) is 14.4 Å². The summed E-state index contributed by atoms with van der Waals surface area (Å²) in [4.78, 5) is 42.3. The van der Waals surface area contributed by atoms with Crippen LogP contribution >= 0.6 is 34.5 Å². The van der Waals surface area contributed by atoms with Crippen LogP contribution in [0.25, 0.3) is 10.6 Å². The van der Waals surface area contributed by atoms with Gasteiger partial charge in [0, 0.05) is 10.9 Å². The molecule has 0 spiro atoms. The van der Waals surface area contributed by atoms with Gasteiger partial charge in [-0.05, 0) is 12.1 Å². The molecular weight excluding hydrogens is 435 g/mol. The summed E-state index contributed by atoms with van der Waals surface area (Å²) in [6.07, 6.45) is 0. The van der Waals surface area contributed by atoms with Crippen molar-refractivity contribution in [2.45, 2.75) is 6.61 Å². The molecule has 0 unspecified atom stereocenters. The lowest BCUT2D eigenvalue weighted by Gasteiger charge is -2.12. The monoisotopic (exact) mass is 446 g/mol. The molecule has 0 aliphatic carbocycles. The van der Waals surface area contributed by atoms with Crippen molar-refractivity contribution < 1.29 is 19.1 Å².